The lowest BCUT2D eigenvalue weighted by Crippen LogP contribution is -2.05. The Labute approximate surface area is 120 Å². The minimum Gasteiger partial charge on any atom is -0.396 e. The Bertz CT molecular complexity index is 601. The fourth-order valence-corrected chi connectivity index (χ4v) is 2.39. The van der Waals surface area contributed by atoms with Crippen molar-refractivity contribution >= 4 is 40.6 Å². The first-order valence-electron chi connectivity index (χ1n) is 5.51. The van der Waals surface area contributed by atoms with Crippen LogP contribution in [0.1, 0.15) is 6.92 Å². The summed E-state index contributed by atoms with van der Waals surface area (Å²) < 4.78 is 0. The molecule has 0 atom stereocenters. The number of amides is 1. The number of aromatic nitrogens is 1. The largest absolute Gasteiger partial charge is 0.396 e. The number of rotatable bonds is 3. The number of nitrogen functional groups attached to an aromatic ring is 1. The molecule has 0 saturated heterocycles. The van der Waals surface area contributed by atoms with Gasteiger partial charge >= 0.3 is 0 Å². The van der Waals surface area contributed by atoms with Gasteiger partial charge in [-0.25, -0.2) is 4.98 Å². The van der Waals surface area contributed by atoms with Crippen molar-refractivity contribution in [2.45, 2.75) is 16.8 Å². The summed E-state index contributed by atoms with van der Waals surface area (Å²) in [4.78, 5) is 16.1. The van der Waals surface area contributed by atoms with Crippen LogP contribution in [0.15, 0.2) is 46.5 Å². The highest BCUT2D eigenvalue weighted by molar-refractivity contribution is 7.99. The maximum Gasteiger partial charge on any atom is 0.221 e. The van der Waals surface area contributed by atoms with E-state index in [2.05, 4.69) is 10.3 Å². The first-order valence-corrected chi connectivity index (χ1v) is 6.70. The summed E-state index contributed by atoms with van der Waals surface area (Å²) in [6, 6.07) is 9.12. The van der Waals surface area contributed by atoms with Crippen molar-refractivity contribution in [3.8, 4) is 0 Å². The topological polar surface area (TPSA) is 68.0 Å². The van der Waals surface area contributed by atoms with E-state index in [1.165, 1.54) is 18.7 Å². The zero-order valence-corrected chi connectivity index (χ0v) is 11.8. The van der Waals surface area contributed by atoms with E-state index in [1.54, 1.807) is 12.3 Å². The van der Waals surface area contributed by atoms with Gasteiger partial charge in [0.1, 0.15) is 5.03 Å². The van der Waals surface area contributed by atoms with Crippen molar-refractivity contribution in [1.82, 2.24) is 4.98 Å². The third-order valence-electron chi connectivity index (χ3n) is 2.23. The first kappa shape index (κ1) is 13.7. The Balaban J connectivity index is 2.13. The van der Waals surface area contributed by atoms with Gasteiger partial charge in [0.2, 0.25) is 5.91 Å². The van der Waals surface area contributed by atoms with Gasteiger partial charge in [-0.15, -0.1) is 0 Å². The van der Waals surface area contributed by atoms with Crippen LogP contribution in [0, 0.1) is 0 Å². The highest BCUT2D eigenvalue weighted by Gasteiger charge is 2.05. The predicted molar refractivity (Wildman–Crippen MR) is 78.5 cm³/mol. The van der Waals surface area contributed by atoms with E-state index in [1.807, 2.05) is 24.3 Å². The zero-order valence-electron chi connectivity index (χ0n) is 10.2. The van der Waals surface area contributed by atoms with E-state index in [4.69, 9.17) is 17.3 Å². The van der Waals surface area contributed by atoms with Gasteiger partial charge in [0.15, 0.2) is 0 Å². The second kappa shape index (κ2) is 5.95. The summed E-state index contributed by atoms with van der Waals surface area (Å²) in [5.41, 5.74) is 7.14. The lowest BCUT2D eigenvalue weighted by atomic mass is 10.3. The maximum absolute atomic E-state index is 10.9. The van der Waals surface area contributed by atoms with Crippen molar-refractivity contribution in [2.24, 2.45) is 0 Å². The fourth-order valence-electron chi connectivity index (χ4n) is 1.45. The van der Waals surface area contributed by atoms with Crippen LogP contribution < -0.4 is 11.1 Å². The van der Waals surface area contributed by atoms with Crippen molar-refractivity contribution in [2.75, 3.05) is 11.1 Å². The Hall–Kier alpha value is -1.72. The van der Waals surface area contributed by atoms with Gasteiger partial charge in [-0.2, -0.15) is 0 Å². The minimum atomic E-state index is -0.0935. The first-order chi connectivity index (χ1) is 9.04. The molecule has 0 bridgehead atoms. The van der Waals surface area contributed by atoms with Crippen LogP contribution in [0.3, 0.4) is 0 Å². The van der Waals surface area contributed by atoms with Crippen LogP contribution in [0.4, 0.5) is 11.4 Å². The summed E-state index contributed by atoms with van der Waals surface area (Å²) >= 11 is 7.24. The van der Waals surface area contributed by atoms with Gasteiger partial charge in [0.25, 0.3) is 0 Å². The lowest BCUT2D eigenvalue weighted by Gasteiger charge is -2.06. The van der Waals surface area contributed by atoms with Gasteiger partial charge in [0, 0.05) is 23.7 Å². The molecule has 1 heterocycles. The van der Waals surface area contributed by atoms with Crippen LogP contribution in [0.5, 0.6) is 0 Å². The van der Waals surface area contributed by atoms with Gasteiger partial charge in [-0.1, -0.05) is 23.4 Å². The van der Waals surface area contributed by atoms with Crippen LogP contribution in [0.25, 0.3) is 0 Å². The molecule has 4 nitrogen and oxygen atoms in total. The third-order valence-corrected chi connectivity index (χ3v) is 3.48. The van der Waals surface area contributed by atoms with Gasteiger partial charge < -0.3 is 11.1 Å². The van der Waals surface area contributed by atoms with Gasteiger partial charge in [-0.3, -0.25) is 4.79 Å². The number of nitrogens with one attached hydrogen (secondary N) is 1. The Morgan fingerprint density at radius 1 is 1.37 bits per heavy atom. The molecule has 98 valence electrons. The average molecular weight is 294 g/mol. The molecule has 6 heteroatoms. The van der Waals surface area contributed by atoms with Crippen molar-refractivity contribution in [3.05, 3.63) is 41.6 Å². The summed E-state index contributed by atoms with van der Waals surface area (Å²) in [6.07, 6.45) is 1.56. The van der Waals surface area contributed by atoms with E-state index in [0.29, 0.717) is 15.7 Å². The molecule has 2 aromatic rings. The molecule has 3 N–H and O–H groups in total. The number of anilines is 2. The number of hydrogen-bond donors (Lipinski definition) is 2. The quantitative estimate of drug-likeness (QED) is 0.910. The monoisotopic (exact) mass is 293 g/mol. The maximum atomic E-state index is 10.9. The van der Waals surface area contributed by atoms with Crippen LogP contribution >= 0.6 is 23.4 Å². The minimum absolute atomic E-state index is 0.0935. The number of nitrogens with two attached hydrogens (primary N) is 1. The standard InChI is InChI=1S/C13H12ClN3OS/c1-8(18)17-10-2-4-11(5-3-10)19-13-12(15)6-9(14)7-16-13/h2-7H,15H2,1H3,(H,17,18). The van der Waals surface area contributed by atoms with Gasteiger partial charge in [-0.05, 0) is 30.3 Å². The molecule has 0 aliphatic carbocycles. The molecule has 0 radical (unpaired) electrons. The third kappa shape index (κ3) is 3.87. The van der Waals surface area contributed by atoms with E-state index in [9.17, 15) is 4.79 Å². The molecule has 0 saturated carbocycles. The smallest absolute Gasteiger partial charge is 0.221 e. The van der Waals surface area contributed by atoms with Crippen LogP contribution in [0.2, 0.25) is 5.02 Å². The molecule has 0 spiro atoms. The van der Waals surface area contributed by atoms with Crippen LogP contribution in [-0.4, -0.2) is 10.9 Å². The number of nitrogens with zero attached hydrogens (tertiary/aromatic N) is 1. The summed E-state index contributed by atoms with van der Waals surface area (Å²) in [7, 11) is 0. The normalized spacial score (nSPS) is 10.2. The van der Waals surface area contributed by atoms with E-state index < -0.39 is 0 Å². The molecule has 0 aliphatic rings. The molecule has 19 heavy (non-hydrogen) atoms. The average Bonchev–Trinajstić information content (AvgIpc) is 2.34. The highest BCUT2D eigenvalue weighted by Crippen LogP contribution is 2.31. The Kier molecular flexibility index (Phi) is 4.29. The van der Waals surface area contributed by atoms with Crippen molar-refractivity contribution in [3.63, 3.8) is 0 Å². The molecule has 0 unspecified atom stereocenters. The van der Waals surface area contributed by atoms with Crippen molar-refractivity contribution in [1.29, 1.82) is 0 Å². The number of hydrogen-bond acceptors (Lipinski definition) is 4. The molecule has 2 rings (SSSR count). The molecule has 0 aliphatic heterocycles. The second-order valence-electron chi connectivity index (χ2n) is 3.86. The number of benzene rings is 1. The second-order valence-corrected chi connectivity index (χ2v) is 5.35. The lowest BCUT2D eigenvalue weighted by molar-refractivity contribution is -0.114. The molecule has 1 aromatic heterocycles. The number of carbonyl (C=O) groups is 1. The Morgan fingerprint density at radius 3 is 2.63 bits per heavy atom. The number of carbonyl (C=O) groups excluding carboxylic acids is 1. The van der Waals surface area contributed by atoms with Crippen molar-refractivity contribution < 1.29 is 4.79 Å². The van der Waals surface area contributed by atoms with E-state index in [-0.39, 0.29) is 5.91 Å². The molecule has 1 aromatic carbocycles. The number of pyridine rings is 1. The van der Waals surface area contributed by atoms with E-state index in [0.717, 1.165) is 10.6 Å². The summed E-state index contributed by atoms with van der Waals surface area (Å²) in [5, 5.41) is 3.93. The molecule has 1 amide bonds. The SMILES string of the molecule is CC(=O)Nc1ccc(Sc2ncc(Cl)cc2N)cc1. The molecular weight excluding hydrogens is 282 g/mol. The zero-order chi connectivity index (χ0) is 13.8. The van der Waals surface area contributed by atoms with Gasteiger partial charge in [0.05, 0.1) is 10.7 Å². The summed E-state index contributed by atoms with van der Waals surface area (Å²) in [6.45, 7) is 1.47. The predicted octanol–water partition coefficient (Wildman–Crippen LogP) is 3.43. The number of halogens is 1. The fraction of sp³-hybridized carbons (Fsp3) is 0.0769. The molecule has 0 fully saturated rings. The summed E-state index contributed by atoms with van der Waals surface area (Å²) in [5.74, 6) is -0.0935. The van der Waals surface area contributed by atoms with Crippen LogP contribution in [-0.2, 0) is 4.79 Å². The van der Waals surface area contributed by atoms with E-state index >= 15 is 0 Å². The highest BCUT2D eigenvalue weighted by atomic mass is 35.5. The molecular formula is C13H12ClN3OS. The Morgan fingerprint density at radius 2 is 2.05 bits per heavy atom.